The molecule has 6 bridgehead atoms. The Morgan fingerprint density at radius 2 is 0.697 bits per heavy atom. The van der Waals surface area contributed by atoms with Crippen LogP contribution in [-0.4, -0.2) is 233 Å². The molecule has 6 aromatic rings. The van der Waals surface area contributed by atoms with Gasteiger partial charge in [0.05, 0.1) is 111 Å². The molecule has 10 fully saturated rings. The van der Waals surface area contributed by atoms with Gasteiger partial charge in [-0.1, -0.05) is 78.9 Å². The number of ether oxygens (including phenoxy) is 12. The van der Waals surface area contributed by atoms with Gasteiger partial charge in [0.1, 0.15) is 52.9 Å². The molecule has 9 aliphatic heterocycles. The fourth-order valence-corrected chi connectivity index (χ4v) is 24.4. The largest absolute Gasteiger partial charge is 0.540 e. The maximum Gasteiger partial charge on any atom is 0.307 e. The van der Waals surface area contributed by atoms with Gasteiger partial charge in [0.15, 0.2) is 17.1 Å². The minimum absolute atomic E-state index is 0. The number of alkyl halides is 6. The monoisotopic (exact) mass is 2130 g/mol. The van der Waals surface area contributed by atoms with E-state index in [0.29, 0.717) is 175 Å². The average molecular weight is 2140 g/mol. The summed E-state index contributed by atoms with van der Waals surface area (Å²) in [5.41, 5.74) is -3.11. The molecule has 30 nitrogen and oxygen atoms in total. The molecule has 20 atom stereocenters. The summed E-state index contributed by atoms with van der Waals surface area (Å²) in [6.45, 7) is 17.4. The van der Waals surface area contributed by atoms with Gasteiger partial charge in [-0.3, -0.25) is 28.8 Å². The minimum atomic E-state index is -3.37. The van der Waals surface area contributed by atoms with Gasteiger partial charge in [0.25, 0.3) is 17.8 Å². The summed E-state index contributed by atoms with van der Waals surface area (Å²) in [6, 6.07) is 11.4. The molecule has 787 valence electrons. The number of halogens is 6. The number of benzene rings is 3. The maximum absolute atomic E-state index is 16.1. The number of fused-ring (bicyclic) bond motifs is 17. The zero-order valence-corrected chi connectivity index (χ0v) is 88.4. The first-order valence-corrected chi connectivity index (χ1v) is 50.9. The van der Waals surface area contributed by atoms with E-state index in [4.69, 9.17) is 56.8 Å². The van der Waals surface area contributed by atoms with Crippen molar-refractivity contribution in [2.24, 2.45) is 81.3 Å². The van der Waals surface area contributed by atoms with E-state index in [9.17, 15) is 43.2 Å². The fraction of sp³-hybridized carbons (Fsp3) is 0.689. The van der Waals surface area contributed by atoms with Crippen LogP contribution in [0.3, 0.4) is 0 Å². The molecule has 3 aromatic carbocycles. The van der Waals surface area contributed by atoms with Crippen molar-refractivity contribution in [2.45, 2.75) is 300 Å². The number of carbonyl (C=O) groups is 6. The van der Waals surface area contributed by atoms with E-state index in [1.54, 1.807) is 75.4 Å². The normalized spacial score (nSPS) is 32.9. The molecule has 4 aliphatic carbocycles. The quantitative estimate of drug-likeness (QED) is 0.0561. The zero-order chi connectivity index (χ0) is 101. The van der Waals surface area contributed by atoms with Crippen LogP contribution < -0.4 is 28.4 Å². The number of methoxy groups -OCH3 is 3. The number of carbonyl (C=O) groups excluding carboxylic acids is 9. The van der Waals surface area contributed by atoms with Gasteiger partial charge < -0.3 is 85.9 Å². The van der Waals surface area contributed by atoms with Crippen LogP contribution in [0.5, 0.6) is 34.9 Å². The standard InChI is InChI=1S/C36H44F2N3O7.C36H46F2N3O7.C34H42F2N3O7.3V/c1-20-28(19-42)41-18-30(20)48-33-32(39-26-8-7-22(45-3)16-27(26)40-33)36(37,38)9-5-4-6-23-24-14-21(24)15-29(23)47-31(43)17-25(34(41)44)35(2)10-12-46-13-11-35;1-22-28(21-42)41-20-29(22)47-32-31(39-26-11-10-24(45-4)18-27(26)40-32)36(37,38)13-6-5-8-23-9-7-12-35(23,3)48-30(43)19-25(33(41)44)34(2)14-16-46-17-15-34;1-20-26(19-40)39-18-27(20)45-30-29(37-24-9-8-22(43-4)15-25(24)38-30)34(35,36)10-6-5-7-21-17-33(21,3)46-28(41)16-23(31(39)42)32(2)11-13-44-14-12-32;;;/h7-8,16,20-21,23-25,28-30H,4-6,9-15,17-18H2,1-3H3;10-11,18,22-23,25,28-29H,5-9,12-17,19-20H2,1-4H3;8-9,15,20-21,23,26-27H,5-7,10-14,16-18H2,1-4H3;;;/q3*-1;;;/t20-,21?,23+,24?,25+,28+,29+,30-;22-,23+,25+,28+,29-,35+;20-,21+,23+,26+,27-,33+;;;/m000.../s1. The second-order valence-corrected chi connectivity index (χ2v) is 43.5. The van der Waals surface area contributed by atoms with Gasteiger partial charge in [-0.2, -0.15) is 26.3 Å². The Bertz CT molecular complexity index is 5580. The third kappa shape index (κ3) is 23.8. The van der Waals surface area contributed by atoms with E-state index in [1.807, 2.05) is 53.5 Å². The summed E-state index contributed by atoms with van der Waals surface area (Å²) in [7, 11) is 4.49. The van der Waals surface area contributed by atoms with Gasteiger partial charge in [-0.05, 0) is 223 Å². The van der Waals surface area contributed by atoms with Crippen LogP contribution in [0.25, 0.3) is 33.1 Å². The summed E-state index contributed by atoms with van der Waals surface area (Å²) in [5, 5.41) is 0. The van der Waals surface area contributed by atoms with E-state index < -0.39 is 171 Å². The molecule has 19 rings (SSSR count). The van der Waals surface area contributed by atoms with Crippen LogP contribution >= 0.6 is 0 Å². The van der Waals surface area contributed by atoms with Crippen LogP contribution in [0.1, 0.15) is 246 Å². The number of hydrogen-bond acceptors (Lipinski definition) is 27. The number of rotatable bonds is 9. The molecule has 0 spiro atoms. The Morgan fingerprint density at radius 1 is 0.366 bits per heavy atom. The van der Waals surface area contributed by atoms with E-state index in [-0.39, 0.29) is 190 Å². The molecule has 3 amide bonds. The van der Waals surface area contributed by atoms with Crippen molar-refractivity contribution in [1.82, 2.24) is 44.6 Å². The Labute approximate surface area is 877 Å². The number of hydrogen-bond donors (Lipinski definition) is 0. The van der Waals surface area contributed by atoms with E-state index in [0.717, 1.165) is 25.7 Å². The molecule has 4 saturated carbocycles. The smallest absolute Gasteiger partial charge is 0.307 e. The first kappa shape index (κ1) is 112. The summed E-state index contributed by atoms with van der Waals surface area (Å²) in [6.07, 6.45) is 13.9. The van der Waals surface area contributed by atoms with Crippen LogP contribution in [0.15, 0.2) is 54.6 Å². The molecule has 2 unspecified atom stereocenters. The predicted molar refractivity (Wildman–Crippen MR) is 503 cm³/mol. The summed E-state index contributed by atoms with van der Waals surface area (Å²) in [5.74, 6) is -15.2. The third-order valence-corrected chi connectivity index (χ3v) is 34.2. The Balaban J connectivity index is 0.000000170. The third-order valence-electron chi connectivity index (χ3n) is 34.2. The molecule has 0 N–H and O–H groups in total. The maximum atomic E-state index is 16.1. The zero-order valence-electron chi connectivity index (χ0n) is 84.3. The number of amides is 3. The SMILES string of the molecule is COc1ccc2nc3c(nc2c1)O[C@H]1CN(C(=O)[C@H](C2(C)CCOCC2)CC(=O)O[C@@H]2CC4CC4[C@H]2CCCCC3(F)F)[C@H]([C-]=O)[C@@H]1C.COc1ccc2nc3c(nc2c1)O[C@H]1CN(C(=O)[C@H](C2(C)CCOCC2)CC(=O)O[C@]2(C)CCC[C@H]2CCCCC3(F)F)[C@H]([C-]=O)[C@@H]1C.COc1ccc2nc3c(nc2c1)O[C@H]1CN(C(=O)[C@H](C2(C)CCOCC2)CC(=O)O[C@]2(C)C[C@H]2CCCCC3(F)F)[C@H]([C-]=O)[C@@H]1C.[V].[V].[V]. The van der Waals surface area contributed by atoms with Gasteiger partial charge in [-0.25, -0.2) is 48.8 Å². The molecule has 13 aliphatic rings. The first-order chi connectivity index (χ1) is 67.7. The first-order valence-electron chi connectivity index (χ1n) is 50.9. The second kappa shape index (κ2) is 45.8. The Hall–Kier alpha value is -8.48. The average Bonchev–Trinajstić information content (AvgIpc) is 1.59. The van der Waals surface area contributed by atoms with Crippen LogP contribution in [0.2, 0.25) is 0 Å². The number of nitrogens with zero attached hydrogens (tertiary/aromatic N) is 9. The molecular formula is C106H132F6N9O21V3-3. The molecule has 39 heteroatoms. The fourth-order valence-electron chi connectivity index (χ4n) is 24.4. The predicted octanol–water partition coefficient (Wildman–Crippen LogP) is 16.5. The van der Waals surface area contributed by atoms with Gasteiger partial charge >= 0.3 is 17.9 Å². The molecule has 3 aromatic heterocycles. The van der Waals surface area contributed by atoms with E-state index in [2.05, 4.69) is 29.9 Å². The Kier molecular flexibility index (Phi) is 35.4. The van der Waals surface area contributed by atoms with E-state index >= 15 is 26.3 Å². The van der Waals surface area contributed by atoms with Crippen molar-refractivity contribution >= 4 is 87.6 Å². The summed E-state index contributed by atoms with van der Waals surface area (Å²) in [4.78, 5) is 152. The molecule has 12 heterocycles. The van der Waals surface area contributed by atoms with E-state index in [1.165, 1.54) is 36.0 Å². The summed E-state index contributed by atoms with van der Waals surface area (Å²) >= 11 is 0. The van der Waals surface area contributed by atoms with Gasteiger partial charge in [0, 0.05) is 139 Å². The minimum Gasteiger partial charge on any atom is -0.540 e. The number of esters is 3. The molecule has 3 radical (unpaired) electrons. The van der Waals surface area contributed by atoms with Gasteiger partial charge in [-0.15, -0.1) is 0 Å². The molecule has 6 saturated heterocycles. The Morgan fingerprint density at radius 3 is 1.05 bits per heavy atom. The second-order valence-electron chi connectivity index (χ2n) is 43.5. The topological polar surface area (TPSA) is 351 Å². The molecule has 145 heavy (non-hydrogen) atoms. The summed E-state index contributed by atoms with van der Waals surface area (Å²) < 4.78 is 166. The van der Waals surface area contributed by atoms with Crippen molar-refractivity contribution < 1.29 is 182 Å². The van der Waals surface area contributed by atoms with Crippen molar-refractivity contribution in [3.63, 3.8) is 0 Å². The van der Waals surface area contributed by atoms with Crippen LogP contribution in [0.4, 0.5) is 26.3 Å². The van der Waals surface area contributed by atoms with Crippen molar-refractivity contribution in [3.05, 3.63) is 71.7 Å². The van der Waals surface area contributed by atoms with Crippen molar-refractivity contribution in [1.29, 1.82) is 0 Å². The van der Waals surface area contributed by atoms with Crippen molar-refractivity contribution in [3.8, 4) is 34.9 Å². The van der Waals surface area contributed by atoms with Crippen LogP contribution in [0, 0.1) is 81.3 Å². The van der Waals surface area contributed by atoms with Gasteiger partial charge in [0.2, 0.25) is 35.4 Å². The molecular weight excluding hydrogens is 2000 g/mol. The number of aromatic nitrogens is 6. The van der Waals surface area contributed by atoms with Crippen molar-refractivity contribution in [2.75, 3.05) is 80.6 Å². The van der Waals surface area contributed by atoms with Crippen LogP contribution in [-0.2, 0) is 145 Å².